The predicted octanol–water partition coefficient (Wildman–Crippen LogP) is 1.18. The van der Waals surface area contributed by atoms with Crippen molar-refractivity contribution in [1.82, 2.24) is 9.38 Å². The normalized spacial score (nSPS) is 12.9. The Morgan fingerprint density at radius 2 is 2.40 bits per heavy atom. The number of aromatic nitrogens is 2. The second-order valence-corrected chi connectivity index (χ2v) is 3.77. The summed E-state index contributed by atoms with van der Waals surface area (Å²) in [5, 5.41) is 8.84. The largest absolute Gasteiger partial charge is 0.480 e. The number of pyridine rings is 1. The number of nitrogens with zero attached hydrogens (tertiary/aromatic N) is 2. The number of fused-ring (bicyclic) bond motifs is 1. The lowest BCUT2D eigenvalue weighted by Gasteiger charge is -2.08. The molecule has 1 unspecified atom stereocenters. The number of carboxylic acids is 1. The molecular formula is C9H8BrN3O2. The van der Waals surface area contributed by atoms with Crippen LogP contribution in [0.4, 0.5) is 0 Å². The Morgan fingerprint density at radius 3 is 3.07 bits per heavy atom. The number of imidazole rings is 1. The Morgan fingerprint density at radius 1 is 1.67 bits per heavy atom. The SMILES string of the molecule is NC(C(=O)O)c1cccn2c(Br)ncc12. The lowest BCUT2D eigenvalue weighted by molar-refractivity contribution is -0.138. The van der Waals surface area contributed by atoms with Crippen molar-refractivity contribution in [3.63, 3.8) is 0 Å². The molecule has 0 fully saturated rings. The molecule has 0 saturated heterocycles. The number of carbonyl (C=O) groups is 1. The smallest absolute Gasteiger partial charge is 0.325 e. The molecule has 78 valence electrons. The van der Waals surface area contributed by atoms with Gasteiger partial charge in [0.2, 0.25) is 0 Å². The first-order chi connectivity index (χ1) is 7.11. The summed E-state index contributed by atoms with van der Waals surface area (Å²) in [6.07, 6.45) is 3.37. The molecule has 6 heteroatoms. The molecule has 15 heavy (non-hydrogen) atoms. The van der Waals surface area contributed by atoms with Crippen LogP contribution < -0.4 is 5.73 Å². The molecular weight excluding hydrogens is 262 g/mol. The van der Waals surface area contributed by atoms with E-state index >= 15 is 0 Å². The van der Waals surface area contributed by atoms with Gasteiger partial charge in [-0.1, -0.05) is 6.07 Å². The zero-order valence-corrected chi connectivity index (χ0v) is 9.18. The number of rotatable bonds is 2. The van der Waals surface area contributed by atoms with Crippen molar-refractivity contribution >= 4 is 27.4 Å². The van der Waals surface area contributed by atoms with Crippen molar-refractivity contribution in [3.8, 4) is 0 Å². The second kappa shape index (κ2) is 3.63. The average molecular weight is 270 g/mol. The minimum Gasteiger partial charge on any atom is -0.480 e. The van der Waals surface area contributed by atoms with Crippen LogP contribution in [-0.2, 0) is 4.79 Å². The quantitative estimate of drug-likeness (QED) is 0.858. The average Bonchev–Trinajstić information content (AvgIpc) is 2.59. The fourth-order valence-corrected chi connectivity index (χ4v) is 1.82. The summed E-state index contributed by atoms with van der Waals surface area (Å²) in [6.45, 7) is 0. The van der Waals surface area contributed by atoms with E-state index in [2.05, 4.69) is 20.9 Å². The lowest BCUT2D eigenvalue weighted by atomic mass is 10.1. The standard InChI is InChI=1S/C9H8BrN3O2/c10-9-12-4-6-5(7(11)8(14)15)2-1-3-13(6)9/h1-4,7H,11H2,(H,14,15). The zero-order valence-electron chi connectivity index (χ0n) is 7.59. The van der Waals surface area contributed by atoms with Crippen LogP contribution in [0.15, 0.2) is 29.3 Å². The summed E-state index contributed by atoms with van der Waals surface area (Å²) in [7, 11) is 0. The molecule has 0 spiro atoms. The molecule has 2 heterocycles. The topological polar surface area (TPSA) is 80.6 Å². The third kappa shape index (κ3) is 1.62. The van der Waals surface area contributed by atoms with E-state index in [1.54, 1.807) is 28.9 Å². The number of hydrogen-bond acceptors (Lipinski definition) is 3. The minimum absolute atomic E-state index is 0.545. The van der Waals surface area contributed by atoms with Gasteiger partial charge in [-0.05, 0) is 22.0 Å². The van der Waals surface area contributed by atoms with Crippen molar-refractivity contribution in [2.24, 2.45) is 5.73 Å². The summed E-state index contributed by atoms with van der Waals surface area (Å²) in [4.78, 5) is 14.8. The maximum atomic E-state index is 10.8. The Kier molecular flexibility index (Phi) is 2.45. The van der Waals surface area contributed by atoms with E-state index in [1.807, 2.05) is 0 Å². The van der Waals surface area contributed by atoms with Gasteiger partial charge in [-0.2, -0.15) is 0 Å². The van der Waals surface area contributed by atoms with Gasteiger partial charge in [0.1, 0.15) is 6.04 Å². The molecule has 0 amide bonds. The Hall–Kier alpha value is -1.40. The molecule has 0 saturated carbocycles. The first-order valence-electron chi connectivity index (χ1n) is 4.21. The molecule has 2 aromatic rings. The fourth-order valence-electron chi connectivity index (χ4n) is 1.41. The van der Waals surface area contributed by atoms with Gasteiger partial charge in [-0.25, -0.2) is 4.98 Å². The van der Waals surface area contributed by atoms with E-state index in [1.165, 1.54) is 0 Å². The zero-order chi connectivity index (χ0) is 11.0. The molecule has 0 aliphatic heterocycles. The number of aliphatic carboxylic acids is 1. The number of nitrogens with two attached hydrogens (primary N) is 1. The van der Waals surface area contributed by atoms with Gasteiger partial charge in [-0.3, -0.25) is 9.20 Å². The van der Waals surface area contributed by atoms with Crippen LogP contribution in [-0.4, -0.2) is 20.5 Å². The van der Waals surface area contributed by atoms with Crippen molar-refractivity contribution < 1.29 is 9.90 Å². The van der Waals surface area contributed by atoms with Gasteiger partial charge < -0.3 is 10.8 Å². The summed E-state index contributed by atoms with van der Waals surface area (Å²) in [5.74, 6) is -1.06. The van der Waals surface area contributed by atoms with E-state index in [0.717, 1.165) is 0 Å². The molecule has 0 aromatic carbocycles. The maximum Gasteiger partial charge on any atom is 0.325 e. The molecule has 2 rings (SSSR count). The molecule has 2 aromatic heterocycles. The molecule has 0 aliphatic carbocycles. The van der Waals surface area contributed by atoms with Crippen LogP contribution in [0.5, 0.6) is 0 Å². The van der Waals surface area contributed by atoms with Crippen molar-refractivity contribution in [2.75, 3.05) is 0 Å². The molecule has 3 N–H and O–H groups in total. The fraction of sp³-hybridized carbons (Fsp3) is 0.111. The van der Waals surface area contributed by atoms with Crippen LogP contribution in [0, 0.1) is 0 Å². The van der Waals surface area contributed by atoms with E-state index < -0.39 is 12.0 Å². The van der Waals surface area contributed by atoms with Crippen LogP contribution in [0.1, 0.15) is 11.6 Å². The van der Waals surface area contributed by atoms with Crippen molar-refractivity contribution in [2.45, 2.75) is 6.04 Å². The number of halogens is 1. The maximum absolute atomic E-state index is 10.8. The van der Waals surface area contributed by atoms with Gasteiger partial charge in [0, 0.05) is 11.8 Å². The number of hydrogen-bond donors (Lipinski definition) is 2. The van der Waals surface area contributed by atoms with Gasteiger partial charge in [0.15, 0.2) is 4.73 Å². The van der Waals surface area contributed by atoms with Crippen molar-refractivity contribution in [3.05, 3.63) is 34.8 Å². The predicted molar refractivity (Wildman–Crippen MR) is 57.5 cm³/mol. The second-order valence-electron chi connectivity index (χ2n) is 3.06. The Bertz CT molecular complexity index is 523. The highest BCUT2D eigenvalue weighted by molar-refractivity contribution is 9.10. The van der Waals surface area contributed by atoms with Crippen LogP contribution >= 0.6 is 15.9 Å². The summed E-state index contributed by atoms with van der Waals surface area (Å²) in [5.41, 5.74) is 6.80. The molecule has 5 nitrogen and oxygen atoms in total. The first-order valence-corrected chi connectivity index (χ1v) is 5.00. The first kappa shape index (κ1) is 10.1. The highest BCUT2D eigenvalue weighted by atomic mass is 79.9. The molecule has 0 aliphatic rings. The van der Waals surface area contributed by atoms with E-state index in [9.17, 15) is 4.79 Å². The monoisotopic (exact) mass is 269 g/mol. The summed E-state index contributed by atoms with van der Waals surface area (Å²) in [6, 6.07) is 2.39. The Balaban J connectivity index is 2.66. The van der Waals surface area contributed by atoms with Crippen LogP contribution in [0.25, 0.3) is 5.52 Å². The molecule has 1 atom stereocenters. The van der Waals surface area contributed by atoms with Gasteiger partial charge in [-0.15, -0.1) is 0 Å². The molecule has 0 bridgehead atoms. The van der Waals surface area contributed by atoms with Crippen LogP contribution in [0.2, 0.25) is 0 Å². The lowest BCUT2D eigenvalue weighted by Crippen LogP contribution is -2.21. The molecule has 0 radical (unpaired) electrons. The minimum atomic E-state index is -1.06. The van der Waals surface area contributed by atoms with Gasteiger partial charge in [0.25, 0.3) is 0 Å². The van der Waals surface area contributed by atoms with E-state index in [4.69, 9.17) is 10.8 Å². The van der Waals surface area contributed by atoms with Crippen molar-refractivity contribution in [1.29, 1.82) is 0 Å². The van der Waals surface area contributed by atoms with E-state index in [0.29, 0.717) is 15.8 Å². The third-order valence-corrected chi connectivity index (χ3v) is 2.75. The number of carboxylic acid groups (broad SMARTS) is 1. The third-order valence-electron chi connectivity index (χ3n) is 2.16. The van der Waals surface area contributed by atoms with Gasteiger partial charge in [0.05, 0.1) is 11.7 Å². The van der Waals surface area contributed by atoms with Gasteiger partial charge >= 0.3 is 5.97 Å². The highest BCUT2D eigenvalue weighted by Crippen LogP contribution is 2.20. The summed E-state index contributed by atoms with van der Waals surface area (Å²) >= 11 is 3.25. The Labute approximate surface area is 93.7 Å². The highest BCUT2D eigenvalue weighted by Gasteiger charge is 2.17. The summed E-state index contributed by atoms with van der Waals surface area (Å²) < 4.78 is 2.36. The van der Waals surface area contributed by atoms with E-state index in [-0.39, 0.29) is 0 Å². The van der Waals surface area contributed by atoms with Crippen LogP contribution in [0.3, 0.4) is 0 Å².